The van der Waals surface area contributed by atoms with Crippen LogP contribution in [0.3, 0.4) is 0 Å². The second-order valence-electron chi connectivity index (χ2n) is 6.73. The number of aromatic nitrogens is 3. The summed E-state index contributed by atoms with van der Waals surface area (Å²) in [5, 5.41) is 7.32. The molecule has 0 spiro atoms. The lowest BCUT2D eigenvalue weighted by Gasteiger charge is -2.19. The van der Waals surface area contributed by atoms with Crippen LogP contribution in [0.25, 0.3) is 0 Å². The highest BCUT2D eigenvalue weighted by Gasteiger charge is 2.22. The fraction of sp³-hybridized carbons (Fsp3) is 0.350. The van der Waals surface area contributed by atoms with Gasteiger partial charge in [0, 0.05) is 17.1 Å². The highest BCUT2D eigenvalue weighted by molar-refractivity contribution is 7.14. The topological polar surface area (TPSA) is 59.8 Å². The highest BCUT2D eigenvalue weighted by Crippen LogP contribution is 2.33. The SMILES string of the molecule is CC[C@H]1CCc2sc(C(=O)Nc3ccnn3Cc3ccccn3)cc2C1. The molecule has 26 heavy (non-hydrogen) atoms. The Kier molecular flexibility index (Phi) is 4.84. The van der Waals surface area contributed by atoms with E-state index in [1.165, 1.54) is 23.3 Å². The van der Waals surface area contributed by atoms with Crippen molar-refractivity contribution in [1.82, 2.24) is 14.8 Å². The Morgan fingerprint density at radius 2 is 2.27 bits per heavy atom. The van der Waals surface area contributed by atoms with Gasteiger partial charge >= 0.3 is 0 Å². The number of hydrogen-bond acceptors (Lipinski definition) is 4. The predicted molar refractivity (Wildman–Crippen MR) is 104 cm³/mol. The summed E-state index contributed by atoms with van der Waals surface area (Å²) in [6.07, 6.45) is 8.11. The van der Waals surface area contributed by atoms with Gasteiger partial charge in [-0.05, 0) is 48.9 Å². The van der Waals surface area contributed by atoms with E-state index in [0.717, 1.165) is 29.3 Å². The molecule has 5 nitrogen and oxygen atoms in total. The molecule has 1 amide bonds. The zero-order chi connectivity index (χ0) is 17.9. The van der Waals surface area contributed by atoms with Crippen LogP contribution < -0.4 is 5.32 Å². The van der Waals surface area contributed by atoms with Gasteiger partial charge < -0.3 is 5.32 Å². The normalized spacial score (nSPS) is 16.3. The van der Waals surface area contributed by atoms with Crippen LogP contribution >= 0.6 is 11.3 Å². The third-order valence-electron chi connectivity index (χ3n) is 4.98. The third-order valence-corrected chi connectivity index (χ3v) is 6.22. The van der Waals surface area contributed by atoms with Gasteiger partial charge in [-0.25, -0.2) is 4.68 Å². The fourth-order valence-electron chi connectivity index (χ4n) is 3.45. The first-order chi connectivity index (χ1) is 12.7. The number of anilines is 1. The fourth-order valence-corrected chi connectivity index (χ4v) is 4.55. The zero-order valence-electron chi connectivity index (χ0n) is 14.8. The van der Waals surface area contributed by atoms with Crippen LogP contribution in [0.1, 0.15) is 45.6 Å². The van der Waals surface area contributed by atoms with Gasteiger partial charge in [-0.3, -0.25) is 9.78 Å². The van der Waals surface area contributed by atoms with E-state index in [2.05, 4.69) is 28.4 Å². The van der Waals surface area contributed by atoms with Crippen molar-refractivity contribution in [2.75, 3.05) is 5.32 Å². The minimum atomic E-state index is -0.0554. The van der Waals surface area contributed by atoms with Crippen molar-refractivity contribution in [1.29, 1.82) is 0 Å². The average Bonchev–Trinajstić information content (AvgIpc) is 3.28. The third kappa shape index (κ3) is 3.55. The molecule has 0 aromatic carbocycles. The van der Waals surface area contributed by atoms with Gasteiger partial charge in [0.05, 0.1) is 23.3 Å². The minimum Gasteiger partial charge on any atom is -0.306 e. The first-order valence-corrected chi connectivity index (χ1v) is 9.89. The summed E-state index contributed by atoms with van der Waals surface area (Å²) in [4.78, 5) is 19.2. The summed E-state index contributed by atoms with van der Waals surface area (Å²) in [5.41, 5.74) is 2.27. The molecule has 0 unspecified atom stereocenters. The smallest absolute Gasteiger partial charge is 0.266 e. The van der Waals surface area contributed by atoms with E-state index < -0.39 is 0 Å². The summed E-state index contributed by atoms with van der Waals surface area (Å²) < 4.78 is 1.76. The van der Waals surface area contributed by atoms with E-state index in [0.29, 0.717) is 12.4 Å². The Labute approximate surface area is 157 Å². The molecule has 0 saturated heterocycles. The van der Waals surface area contributed by atoms with Crippen molar-refractivity contribution in [3.8, 4) is 0 Å². The predicted octanol–water partition coefficient (Wildman–Crippen LogP) is 4.16. The number of pyridine rings is 1. The van der Waals surface area contributed by atoms with Crippen molar-refractivity contribution in [3.05, 3.63) is 63.7 Å². The van der Waals surface area contributed by atoms with Gasteiger partial charge in [0.15, 0.2) is 0 Å². The second-order valence-corrected chi connectivity index (χ2v) is 7.86. The molecule has 0 aliphatic heterocycles. The first kappa shape index (κ1) is 17.0. The lowest BCUT2D eigenvalue weighted by atomic mass is 9.87. The first-order valence-electron chi connectivity index (χ1n) is 9.07. The van der Waals surface area contributed by atoms with Crippen molar-refractivity contribution in [2.45, 2.75) is 39.2 Å². The lowest BCUT2D eigenvalue weighted by Crippen LogP contribution is -2.15. The molecule has 1 aliphatic carbocycles. The Morgan fingerprint density at radius 1 is 1.35 bits per heavy atom. The van der Waals surface area contributed by atoms with Gasteiger partial charge in [0.2, 0.25) is 0 Å². The number of carbonyl (C=O) groups excluding carboxylic acids is 1. The molecule has 0 radical (unpaired) electrons. The van der Waals surface area contributed by atoms with E-state index in [4.69, 9.17) is 0 Å². The average molecular weight is 366 g/mol. The zero-order valence-corrected chi connectivity index (χ0v) is 15.6. The van der Waals surface area contributed by atoms with Gasteiger partial charge in [-0.1, -0.05) is 19.4 Å². The summed E-state index contributed by atoms with van der Waals surface area (Å²) in [6, 6.07) is 9.68. The molecule has 0 fully saturated rings. The number of thiophene rings is 1. The monoisotopic (exact) mass is 366 g/mol. The molecule has 0 bridgehead atoms. The number of rotatable bonds is 5. The number of fused-ring (bicyclic) bond motifs is 1. The molecule has 0 saturated carbocycles. The van der Waals surface area contributed by atoms with E-state index in [-0.39, 0.29) is 5.91 Å². The molecule has 3 heterocycles. The van der Waals surface area contributed by atoms with Crippen LogP contribution in [0.15, 0.2) is 42.7 Å². The molecule has 6 heteroatoms. The van der Waals surface area contributed by atoms with Crippen molar-refractivity contribution in [3.63, 3.8) is 0 Å². The molecule has 1 atom stereocenters. The van der Waals surface area contributed by atoms with Crippen LogP contribution in [0, 0.1) is 5.92 Å². The number of aryl methyl sites for hydroxylation is 1. The van der Waals surface area contributed by atoms with Crippen molar-refractivity contribution in [2.24, 2.45) is 5.92 Å². The molecular weight excluding hydrogens is 344 g/mol. The largest absolute Gasteiger partial charge is 0.306 e. The summed E-state index contributed by atoms with van der Waals surface area (Å²) in [6.45, 7) is 2.78. The van der Waals surface area contributed by atoms with E-state index in [9.17, 15) is 4.79 Å². The number of nitrogens with zero attached hydrogens (tertiary/aromatic N) is 3. The molecule has 134 valence electrons. The maximum Gasteiger partial charge on any atom is 0.266 e. The van der Waals surface area contributed by atoms with Crippen molar-refractivity contribution >= 4 is 23.1 Å². The Hall–Kier alpha value is -2.47. The maximum atomic E-state index is 12.7. The molecule has 4 rings (SSSR count). The van der Waals surface area contributed by atoms with Gasteiger partial charge in [-0.2, -0.15) is 5.10 Å². The minimum absolute atomic E-state index is 0.0554. The van der Waals surface area contributed by atoms with Gasteiger partial charge in [0.1, 0.15) is 5.82 Å². The van der Waals surface area contributed by atoms with Crippen LogP contribution in [0.5, 0.6) is 0 Å². The van der Waals surface area contributed by atoms with Crippen molar-refractivity contribution < 1.29 is 4.79 Å². The van der Waals surface area contributed by atoms with E-state index in [1.54, 1.807) is 28.4 Å². The van der Waals surface area contributed by atoms with Gasteiger partial charge in [0.25, 0.3) is 5.91 Å². The Bertz CT molecular complexity index is 900. The van der Waals surface area contributed by atoms with Crippen LogP contribution in [-0.4, -0.2) is 20.7 Å². The number of nitrogens with one attached hydrogen (secondary N) is 1. The molecule has 3 aromatic rings. The molecule has 1 N–H and O–H groups in total. The van der Waals surface area contributed by atoms with Crippen LogP contribution in [0.2, 0.25) is 0 Å². The highest BCUT2D eigenvalue weighted by atomic mass is 32.1. The molecule has 3 aromatic heterocycles. The Balaban J connectivity index is 1.48. The van der Waals surface area contributed by atoms with E-state index in [1.807, 2.05) is 24.3 Å². The summed E-state index contributed by atoms with van der Waals surface area (Å²) in [5.74, 6) is 1.39. The lowest BCUT2D eigenvalue weighted by molar-refractivity contribution is 0.102. The standard InChI is InChI=1S/C20H22N4OS/c1-2-14-6-7-17-15(11-14)12-18(26-17)20(25)23-19-8-10-22-24(19)13-16-5-3-4-9-21-16/h3-5,8-10,12,14H,2,6-7,11,13H2,1H3,(H,23,25)/t14-/m0/s1. The maximum absolute atomic E-state index is 12.7. The summed E-state index contributed by atoms with van der Waals surface area (Å²) in [7, 11) is 0. The van der Waals surface area contributed by atoms with Gasteiger partial charge in [-0.15, -0.1) is 11.3 Å². The van der Waals surface area contributed by atoms with E-state index >= 15 is 0 Å². The number of carbonyl (C=O) groups is 1. The number of amides is 1. The molecular formula is C20H22N4OS. The number of hydrogen-bond donors (Lipinski definition) is 1. The second kappa shape index (κ2) is 7.41. The van der Waals surface area contributed by atoms with Crippen LogP contribution in [0.4, 0.5) is 5.82 Å². The Morgan fingerprint density at radius 3 is 3.08 bits per heavy atom. The summed E-state index contributed by atoms with van der Waals surface area (Å²) >= 11 is 1.63. The quantitative estimate of drug-likeness (QED) is 0.738. The molecule has 1 aliphatic rings. The van der Waals surface area contributed by atoms with Crippen LogP contribution in [-0.2, 0) is 19.4 Å².